The minimum Gasteiger partial charge on any atom is -0.270 e. The predicted octanol–water partition coefficient (Wildman–Crippen LogP) is 4.83. The maximum absolute atomic E-state index is 4.67. The molecule has 0 atom stereocenters. The normalized spacial score (nSPS) is 12.4. The summed E-state index contributed by atoms with van der Waals surface area (Å²) in [7, 11) is 0. The second-order valence-corrected chi connectivity index (χ2v) is 6.96. The van der Waals surface area contributed by atoms with Crippen LogP contribution in [0.3, 0.4) is 0 Å². The first-order chi connectivity index (χ1) is 9.00. The second-order valence-electron chi connectivity index (χ2n) is 5.84. The molecule has 0 saturated heterocycles. The first kappa shape index (κ1) is 17.2. The molecule has 19 heavy (non-hydrogen) atoms. The molecule has 1 rings (SSSR count). The molecule has 0 amide bonds. The Morgan fingerprint density at radius 3 is 2.32 bits per heavy atom. The molecular weight excluding hydrogens is 368 g/mol. The van der Waals surface area contributed by atoms with Gasteiger partial charge in [-0.1, -0.05) is 52.6 Å². The van der Waals surface area contributed by atoms with E-state index in [2.05, 4.69) is 75.4 Å². The van der Waals surface area contributed by atoms with E-state index < -0.39 is 0 Å². The molecule has 1 aromatic rings. The minimum atomic E-state index is 0.284. The lowest BCUT2D eigenvalue weighted by Crippen LogP contribution is -2.30. The zero-order chi connectivity index (χ0) is 14.5. The molecule has 1 aromatic heterocycles. The SMILES string of the molecule is CCc1cc(CC(CBr)(CBr)CC(C)C)n(CC)n1. The van der Waals surface area contributed by atoms with Crippen molar-refractivity contribution in [3.63, 3.8) is 0 Å². The molecule has 0 aliphatic rings. The zero-order valence-electron chi connectivity index (χ0n) is 12.5. The van der Waals surface area contributed by atoms with E-state index in [1.54, 1.807) is 0 Å². The Morgan fingerprint density at radius 1 is 1.26 bits per heavy atom. The second kappa shape index (κ2) is 7.82. The summed E-state index contributed by atoms with van der Waals surface area (Å²) >= 11 is 7.46. The van der Waals surface area contributed by atoms with Gasteiger partial charge in [-0.25, -0.2) is 0 Å². The summed E-state index contributed by atoms with van der Waals surface area (Å²) in [4.78, 5) is 0. The number of halogens is 2. The Balaban J connectivity index is 2.98. The number of aryl methyl sites for hydroxylation is 2. The van der Waals surface area contributed by atoms with Gasteiger partial charge in [0.25, 0.3) is 0 Å². The Hall–Kier alpha value is 0.170. The summed E-state index contributed by atoms with van der Waals surface area (Å²) in [5.74, 6) is 0.707. The maximum atomic E-state index is 4.67. The van der Waals surface area contributed by atoms with Crippen molar-refractivity contribution in [3.8, 4) is 0 Å². The summed E-state index contributed by atoms with van der Waals surface area (Å²) in [5, 5.41) is 6.72. The number of rotatable bonds is 8. The van der Waals surface area contributed by atoms with Crippen LogP contribution in [0.15, 0.2) is 6.07 Å². The van der Waals surface area contributed by atoms with Gasteiger partial charge in [-0.05, 0) is 43.6 Å². The molecule has 0 unspecified atom stereocenters. The van der Waals surface area contributed by atoms with Crippen LogP contribution < -0.4 is 0 Å². The van der Waals surface area contributed by atoms with Crippen LogP contribution in [0.5, 0.6) is 0 Å². The highest BCUT2D eigenvalue weighted by atomic mass is 79.9. The van der Waals surface area contributed by atoms with Crippen LogP contribution in [0.25, 0.3) is 0 Å². The summed E-state index contributed by atoms with van der Waals surface area (Å²) in [6, 6.07) is 2.28. The van der Waals surface area contributed by atoms with Gasteiger partial charge in [-0.2, -0.15) is 5.10 Å². The Labute approximate surface area is 134 Å². The van der Waals surface area contributed by atoms with Crippen molar-refractivity contribution in [1.29, 1.82) is 0 Å². The quantitative estimate of drug-likeness (QED) is 0.578. The molecule has 110 valence electrons. The highest BCUT2D eigenvalue weighted by Gasteiger charge is 2.30. The van der Waals surface area contributed by atoms with E-state index in [1.807, 2.05) is 0 Å². The maximum Gasteiger partial charge on any atom is 0.0624 e. The van der Waals surface area contributed by atoms with E-state index in [0.29, 0.717) is 5.92 Å². The van der Waals surface area contributed by atoms with Gasteiger partial charge >= 0.3 is 0 Å². The van der Waals surface area contributed by atoms with Crippen LogP contribution in [-0.4, -0.2) is 20.4 Å². The molecule has 2 nitrogen and oxygen atoms in total. The van der Waals surface area contributed by atoms with Gasteiger partial charge in [-0.15, -0.1) is 0 Å². The number of aromatic nitrogens is 2. The van der Waals surface area contributed by atoms with Crippen LogP contribution in [-0.2, 0) is 19.4 Å². The number of alkyl halides is 2. The van der Waals surface area contributed by atoms with Gasteiger partial charge in [0.2, 0.25) is 0 Å². The third-order valence-electron chi connectivity index (χ3n) is 3.54. The van der Waals surface area contributed by atoms with Crippen molar-refractivity contribution in [2.24, 2.45) is 11.3 Å². The molecule has 0 saturated carbocycles. The van der Waals surface area contributed by atoms with Gasteiger partial charge in [-0.3, -0.25) is 4.68 Å². The lowest BCUT2D eigenvalue weighted by atomic mass is 9.80. The Bertz CT molecular complexity index is 381. The van der Waals surface area contributed by atoms with Gasteiger partial charge in [0.05, 0.1) is 5.69 Å². The smallest absolute Gasteiger partial charge is 0.0624 e. The minimum absolute atomic E-state index is 0.284. The van der Waals surface area contributed by atoms with Crippen molar-refractivity contribution in [1.82, 2.24) is 9.78 Å². The van der Waals surface area contributed by atoms with E-state index in [-0.39, 0.29) is 5.41 Å². The first-order valence-electron chi connectivity index (χ1n) is 7.17. The fraction of sp³-hybridized carbons (Fsp3) is 0.800. The summed E-state index contributed by atoms with van der Waals surface area (Å²) in [6.07, 6.45) is 3.32. The van der Waals surface area contributed by atoms with Crippen LogP contribution >= 0.6 is 31.9 Å². The monoisotopic (exact) mass is 392 g/mol. The van der Waals surface area contributed by atoms with E-state index >= 15 is 0 Å². The molecule has 0 bridgehead atoms. The molecule has 1 heterocycles. The molecule has 4 heteroatoms. The lowest BCUT2D eigenvalue weighted by molar-refractivity contribution is 0.297. The van der Waals surface area contributed by atoms with E-state index in [1.165, 1.54) is 17.8 Å². The summed E-state index contributed by atoms with van der Waals surface area (Å²) in [6.45, 7) is 9.89. The van der Waals surface area contributed by atoms with Crippen molar-refractivity contribution >= 4 is 31.9 Å². The Morgan fingerprint density at radius 2 is 1.89 bits per heavy atom. The topological polar surface area (TPSA) is 17.8 Å². The van der Waals surface area contributed by atoms with Gasteiger partial charge in [0.1, 0.15) is 0 Å². The van der Waals surface area contributed by atoms with Crippen LogP contribution in [0.1, 0.15) is 45.5 Å². The van der Waals surface area contributed by atoms with Crippen molar-refractivity contribution in [3.05, 3.63) is 17.5 Å². The van der Waals surface area contributed by atoms with E-state index in [4.69, 9.17) is 0 Å². The van der Waals surface area contributed by atoms with Crippen LogP contribution in [0.4, 0.5) is 0 Å². The molecule has 0 fully saturated rings. The predicted molar refractivity (Wildman–Crippen MR) is 90.5 cm³/mol. The molecular formula is C15H26Br2N2. The van der Waals surface area contributed by atoms with Gasteiger partial charge in [0.15, 0.2) is 0 Å². The van der Waals surface area contributed by atoms with Crippen LogP contribution in [0.2, 0.25) is 0 Å². The molecule has 0 aromatic carbocycles. The highest BCUT2D eigenvalue weighted by Crippen LogP contribution is 2.35. The van der Waals surface area contributed by atoms with E-state index in [0.717, 1.165) is 30.0 Å². The molecule has 0 spiro atoms. The molecule has 0 radical (unpaired) electrons. The standard InChI is InChI=1S/C15H26Br2N2/c1-5-13-7-14(19(6-2)18-13)9-15(10-16,11-17)8-12(3)4/h7,12H,5-6,8-11H2,1-4H3. The first-order valence-corrected chi connectivity index (χ1v) is 9.42. The largest absolute Gasteiger partial charge is 0.270 e. The van der Waals surface area contributed by atoms with Crippen molar-refractivity contribution in [2.75, 3.05) is 10.7 Å². The van der Waals surface area contributed by atoms with Gasteiger partial charge in [0, 0.05) is 22.9 Å². The number of hydrogen-bond acceptors (Lipinski definition) is 1. The average molecular weight is 394 g/mol. The number of nitrogens with zero attached hydrogens (tertiary/aromatic N) is 2. The molecule has 0 N–H and O–H groups in total. The molecule has 0 aliphatic heterocycles. The van der Waals surface area contributed by atoms with Crippen molar-refractivity contribution in [2.45, 2.75) is 53.5 Å². The molecule has 0 aliphatic carbocycles. The third-order valence-corrected chi connectivity index (χ3v) is 5.92. The number of hydrogen-bond donors (Lipinski definition) is 0. The summed E-state index contributed by atoms with van der Waals surface area (Å²) < 4.78 is 2.17. The fourth-order valence-corrected chi connectivity index (χ4v) is 4.45. The van der Waals surface area contributed by atoms with Crippen LogP contribution in [0, 0.1) is 11.3 Å². The lowest BCUT2D eigenvalue weighted by Gasteiger charge is -2.32. The average Bonchev–Trinajstić information content (AvgIpc) is 2.79. The van der Waals surface area contributed by atoms with Crippen molar-refractivity contribution < 1.29 is 0 Å². The summed E-state index contributed by atoms with van der Waals surface area (Å²) in [5.41, 5.74) is 2.87. The third kappa shape index (κ3) is 4.59. The van der Waals surface area contributed by atoms with E-state index in [9.17, 15) is 0 Å². The Kier molecular flexibility index (Phi) is 7.09. The fourth-order valence-electron chi connectivity index (χ4n) is 2.67. The zero-order valence-corrected chi connectivity index (χ0v) is 15.7. The van der Waals surface area contributed by atoms with Gasteiger partial charge < -0.3 is 0 Å². The highest BCUT2D eigenvalue weighted by molar-refractivity contribution is 9.09.